The van der Waals surface area contributed by atoms with Gasteiger partial charge in [0, 0.05) is 11.1 Å². The number of hydrogen-bond donors (Lipinski definition) is 2. The molecule has 0 aliphatic rings. The van der Waals surface area contributed by atoms with Crippen LogP contribution in [0.4, 0.5) is 0 Å². The minimum Gasteiger partial charge on any atom is -0.337 e. The van der Waals surface area contributed by atoms with Crippen LogP contribution >= 0.6 is 0 Å². The Morgan fingerprint density at radius 2 is 1.62 bits per heavy atom. The van der Waals surface area contributed by atoms with Crippen LogP contribution in [0, 0.1) is 0 Å². The number of nitrogens with two attached hydrogens (primary N) is 1. The molecule has 2 aromatic carbocycles. The third-order valence-corrected chi connectivity index (χ3v) is 3.84. The molecule has 1 heterocycles. The predicted octanol–water partition coefficient (Wildman–Crippen LogP) is 0.175. The van der Waals surface area contributed by atoms with E-state index in [0.29, 0.717) is 0 Å². The fraction of sp³-hybridized carbons (Fsp3) is 0.263. The lowest BCUT2D eigenvalue weighted by Gasteiger charge is -2.07. The molecule has 0 radical (unpaired) electrons. The minimum atomic E-state index is 0.830. The summed E-state index contributed by atoms with van der Waals surface area (Å²) in [7, 11) is 4.34. The van der Waals surface area contributed by atoms with Gasteiger partial charge in [-0.15, -0.1) is 5.10 Å². The molecular weight excluding hydrogens is 298 g/mol. The first-order valence-electron chi connectivity index (χ1n) is 8.36. The van der Waals surface area contributed by atoms with Crippen molar-refractivity contribution in [2.75, 3.05) is 14.1 Å². The van der Waals surface area contributed by atoms with E-state index in [-0.39, 0.29) is 0 Å². The third-order valence-electron chi connectivity index (χ3n) is 3.84. The number of quaternary nitrogens is 2. The normalized spacial score (nSPS) is 11.1. The maximum absolute atomic E-state index is 4.53. The fourth-order valence-corrected chi connectivity index (χ4v) is 2.66. The summed E-state index contributed by atoms with van der Waals surface area (Å²) in [6.07, 6.45) is 1.84. The number of rotatable bonds is 7. The molecule has 0 saturated heterocycles. The summed E-state index contributed by atoms with van der Waals surface area (Å²) in [5.74, 6) is 0. The van der Waals surface area contributed by atoms with Gasteiger partial charge < -0.3 is 10.2 Å². The Morgan fingerprint density at radius 1 is 0.917 bits per heavy atom. The second kappa shape index (κ2) is 7.86. The monoisotopic (exact) mass is 323 g/mol. The zero-order chi connectivity index (χ0) is 16.8. The van der Waals surface area contributed by atoms with Crippen LogP contribution in [0.3, 0.4) is 0 Å². The van der Waals surface area contributed by atoms with Gasteiger partial charge in [-0.2, -0.15) is 9.90 Å². The van der Waals surface area contributed by atoms with E-state index in [1.807, 2.05) is 36.5 Å². The average Bonchev–Trinajstić information content (AvgIpc) is 3.06. The largest absolute Gasteiger partial charge is 0.337 e. The summed E-state index contributed by atoms with van der Waals surface area (Å²) >= 11 is 0. The molecule has 3 rings (SSSR count). The van der Waals surface area contributed by atoms with Gasteiger partial charge in [-0.25, -0.2) is 0 Å². The second-order valence-corrected chi connectivity index (χ2v) is 6.36. The Labute approximate surface area is 142 Å². The Hall–Kier alpha value is -2.50. The zero-order valence-corrected chi connectivity index (χ0v) is 14.3. The Kier molecular flexibility index (Phi) is 5.36. The van der Waals surface area contributed by atoms with Crippen LogP contribution in [0.15, 0.2) is 60.8 Å². The van der Waals surface area contributed by atoms with Crippen molar-refractivity contribution in [2.45, 2.75) is 19.6 Å². The first-order valence-corrected chi connectivity index (χ1v) is 8.36. The highest BCUT2D eigenvalue weighted by Crippen LogP contribution is 2.04. The van der Waals surface area contributed by atoms with Crippen LogP contribution < -0.4 is 10.2 Å². The standard InChI is InChI=1S/C19H23N5/c1-23(2)15-17-10-8-16(9-11-17)12-20-13-18-14-21-24(22-18)19-6-4-3-5-7-19/h3-11,14,20H,12-13,15H2,1-2H3/p+2. The zero-order valence-electron chi connectivity index (χ0n) is 14.3. The average molecular weight is 323 g/mol. The van der Waals surface area contributed by atoms with Crippen LogP contribution in [0.2, 0.25) is 0 Å². The number of hydrogen-bond acceptors (Lipinski definition) is 2. The SMILES string of the molecule is C[NH+](C)Cc1ccc(C[NH2+]Cc2cnn(-c3ccccc3)n2)cc1. The van der Waals surface area contributed by atoms with Crippen molar-refractivity contribution < 1.29 is 10.2 Å². The summed E-state index contributed by atoms with van der Waals surface area (Å²) in [5, 5.41) is 11.1. The highest BCUT2D eigenvalue weighted by Gasteiger charge is 2.05. The lowest BCUT2D eigenvalue weighted by Crippen LogP contribution is -3.04. The fourth-order valence-electron chi connectivity index (χ4n) is 2.66. The van der Waals surface area contributed by atoms with E-state index in [2.05, 4.69) is 53.9 Å². The molecule has 3 N–H and O–H groups in total. The van der Waals surface area contributed by atoms with Gasteiger partial charge in [-0.3, -0.25) is 0 Å². The Balaban J connectivity index is 1.51. The van der Waals surface area contributed by atoms with Gasteiger partial charge in [0.15, 0.2) is 0 Å². The minimum absolute atomic E-state index is 0.830. The van der Waals surface area contributed by atoms with Gasteiger partial charge in [0.2, 0.25) is 0 Å². The molecule has 0 aliphatic heterocycles. The molecule has 0 spiro atoms. The molecule has 0 fully saturated rings. The molecular formula is C19H25N5+2. The van der Waals surface area contributed by atoms with E-state index in [9.17, 15) is 0 Å². The van der Waals surface area contributed by atoms with Crippen LogP contribution in [0.5, 0.6) is 0 Å². The molecule has 5 heteroatoms. The summed E-state index contributed by atoms with van der Waals surface area (Å²) in [6, 6.07) is 18.9. The third kappa shape index (κ3) is 4.50. The second-order valence-electron chi connectivity index (χ2n) is 6.36. The molecule has 0 bridgehead atoms. The molecule has 0 unspecified atom stereocenters. The number of aromatic nitrogens is 3. The maximum Gasteiger partial charge on any atom is 0.137 e. The molecule has 5 nitrogen and oxygen atoms in total. The van der Waals surface area contributed by atoms with Gasteiger partial charge >= 0.3 is 0 Å². The van der Waals surface area contributed by atoms with Crippen molar-refractivity contribution in [2.24, 2.45) is 0 Å². The molecule has 124 valence electrons. The van der Waals surface area contributed by atoms with Crippen LogP contribution in [-0.2, 0) is 19.6 Å². The van der Waals surface area contributed by atoms with Crippen molar-refractivity contribution >= 4 is 0 Å². The van der Waals surface area contributed by atoms with E-state index in [0.717, 1.165) is 31.0 Å². The number of benzene rings is 2. The van der Waals surface area contributed by atoms with E-state index >= 15 is 0 Å². The number of para-hydroxylation sites is 1. The molecule has 1 aromatic heterocycles. The number of nitrogens with one attached hydrogen (secondary N) is 1. The van der Waals surface area contributed by atoms with Crippen molar-refractivity contribution in [3.8, 4) is 5.69 Å². The van der Waals surface area contributed by atoms with E-state index < -0.39 is 0 Å². The molecule has 3 aromatic rings. The van der Waals surface area contributed by atoms with Crippen molar-refractivity contribution in [1.29, 1.82) is 0 Å². The van der Waals surface area contributed by atoms with Gasteiger partial charge in [0.05, 0.1) is 26.0 Å². The highest BCUT2D eigenvalue weighted by molar-refractivity contribution is 5.28. The highest BCUT2D eigenvalue weighted by atomic mass is 15.5. The first kappa shape index (κ1) is 16.4. The van der Waals surface area contributed by atoms with Crippen molar-refractivity contribution in [1.82, 2.24) is 15.0 Å². The van der Waals surface area contributed by atoms with Crippen molar-refractivity contribution in [3.05, 3.63) is 77.6 Å². The summed E-state index contributed by atoms with van der Waals surface area (Å²) in [5.41, 5.74) is 4.70. The molecule has 0 saturated carbocycles. The number of nitrogens with zero attached hydrogens (tertiary/aromatic N) is 3. The predicted molar refractivity (Wildman–Crippen MR) is 93.6 cm³/mol. The molecule has 0 aliphatic carbocycles. The van der Waals surface area contributed by atoms with E-state index in [1.54, 1.807) is 4.80 Å². The topological polar surface area (TPSA) is 51.8 Å². The van der Waals surface area contributed by atoms with Crippen LogP contribution in [0.1, 0.15) is 16.8 Å². The van der Waals surface area contributed by atoms with Crippen molar-refractivity contribution in [3.63, 3.8) is 0 Å². The quantitative estimate of drug-likeness (QED) is 0.651. The summed E-state index contributed by atoms with van der Waals surface area (Å²) in [6.45, 7) is 2.84. The summed E-state index contributed by atoms with van der Waals surface area (Å²) < 4.78 is 0. The van der Waals surface area contributed by atoms with Crippen LogP contribution in [0.25, 0.3) is 5.69 Å². The van der Waals surface area contributed by atoms with Gasteiger partial charge in [0.25, 0.3) is 0 Å². The molecule has 0 atom stereocenters. The Morgan fingerprint density at radius 3 is 2.33 bits per heavy atom. The first-order chi connectivity index (χ1) is 11.7. The van der Waals surface area contributed by atoms with Gasteiger partial charge in [0.1, 0.15) is 25.3 Å². The van der Waals surface area contributed by atoms with E-state index in [1.165, 1.54) is 16.0 Å². The Bertz CT molecular complexity index is 747. The lowest BCUT2D eigenvalue weighted by molar-refractivity contribution is -0.872. The maximum atomic E-state index is 4.53. The lowest BCUT2D eigenvalue weighted by atomic mass is 10.1. The van der Waals surface area contributed by atoms with Crippen LogP contribution in [-0.4, -0.2) is 29.1 Å². The summed E-state index contributed by atoms with van der Waals surface area (Å²) in [4.78, 5) is 3.12. The van der Waals surface area contributed by atoms with Gasteiger partial charge in [-0.1, -0.05) is 42.5 Å². The molecule has 24 heavy (non-hydrogen) atoms. The smallest absolute Gasteiger partial charge is 0.137 e. The molecule has 0 amide bonds. The van der Waals surface area contributed by atoms with E-state index in [4.69, 9.17) is 0 Å². The van der Waals surface area contributed by atoms with Gasteiger partial charge in [-0.05, 0) is 12.1 Å².